The van der Waals surface area contributed by atoms with Crippen LogP contribution in [0.5, 0.6) is 0 Å². The Labute approximate surface area is 182 Å². The predicted octanol–water partition coefficient (Wildman–Crippen LogP) is 2.75. The number of aromatic nitrogens is 1. The number of rotatable bonds is 8. The van der Waals surface area contributed by atoms with Crippen LogP contribution in [0.1, 0.15) is 45.4 Å². The first-order valence-corrected chi connectivity index (χ1v) is 10.7. The van der Waals surface area contributed by atoms with Crippen molar-refractivity contribution < 1.29 is 18.7 Å². The summed E-state index contributed by atoms with van der Waals surface area (Å²) in [6, 6.07) is 6.58. The van der Waals surface area contributed by atoms with Gasteiger partial charge >= 0.3 is 5.97 Å². The zero-order valence-corrected chi connectivity index (χ0v) is 18.5. The summed E-state index contributed by atoms with van der Waals surface area (Å²) < 4.78 is 18.0. The van der Waals surface area contributed by atoms with Crippen molar-refractivity contribution in [3.05, 3.63) is 52.6 Å². The molecule has 2 N–H and O–H groups in total. The normalized spacial score (nSPS) is 14.5. The number of nitrogens with zero attached hydrogens (tertiary/aromatic N) is 2. The second kappa shape index (κ2) is 10.4. The van der Waals surface area contributed by atoms with Crippen molar-refractivity contribution in [1.82, 2.24) is 15.2 Å². The fourth-order valence-electron chi connectivity index (χ4n) is 4.05. The highest BCUT2D eigenvalue weighted by molar-refractivity contribution is 6.00. The minimum absolute atomic E-state index is 0.202. The molecule has 0 unspecified atom stereocenters. The highest BCUT2D eigenvalue weighted by atomic mass is 19.1. The van der Waals surface area contributed by atoms with Crippen LogP contribution in [0.25, 0.3) is 0 Å². The number of aromatic amines is 1. The van der Waals surface area contributed by atoms with Gasteiger partial charge in [-0.2, -0.15) is 0 Å². The van der Waals surface area contributed by atoms with Gasteiger partial charge < -0.3 is 19.9 Å². The SMILES string of the molecule is CCCc1c(C(=O)NCCN2CCN(c3ccc(F)cc3)CC2)[nH]c(C)c1C(=O)OC. The van der Waals surface area contributed by atoms with Gasteiger partial charge in [0.25, 0.3) is 5.91 Å². The van der Waals surface area contributed by atoms with Crippen LogP contribution in [0.15, 0.2) is 24.3 Å². The van der Waals surface area contributed by atoms with Crippen LogP contribution >= 0.6 is 0 Å². The molecule has 7 nitrogen and oxygen atoms in total. The van der Waals surface area contributed by atoms with Crippen LogP contribution in [0.2, 0.25) is 0 Å². The van der Waals surface area contributed by atoms with Gasteiger partial charge in [-0.3, -0.25) is 9.69 Å². The average molecular weight is 431 g/mol. The molecule has 0 bridgehead atoms. The topological polar surface area (TPSA) is 77.7 Å². The molecule has 2 aromatic rings. The van der Waals surface area contributed by atoms with Crippen molar-refractivity contribution >= 4 is 17.6 Å². The zero-order chi connectivity index (χ0) is 22.4. The molecule has 1 aliphatic heterocycles. The highest BCUT2D eigenvalue weighted by Crippen LogP contribution is 2.22. The highest BCUT2D eigenvalue weighted by Gasteiger charge is 2.25. The molecule has 3 rings (SSSR count). The van der Waals surface area contributed by atoms with Gasteiger partial charge in [-0.15, -0.1) is 0 Å². The molecule has 0 radical (unpaired) electrons. The van der Waals surface area contributed by atoms with Crippen molar-refractivity contribution in [2.75, 3.05) is 51.3 Å². The fraction of sp³-hybridized carbons (Fsp3) is 0.478. The maximum Gasteiger partial charge on any atom is 0.339 e. The number of halogens is 1. The Morgan fingerprint density at radius 3 is 2.45 bits per heavy atom. The number of carbonyl (C=O) groups excluding carboxylic acids is 2. The number of methoxy groups -OCH3 is 1. The van der Waals surface area contributed by atoms with Gasteiger partial charge in [0, 0.05) is 50.6 Å². The maximum atomic E-state index is 13.1. The number of ether oxygens (including phenoxy) is 1. The van der Waals surface area contributed by atoms with Crippen molar-refractivity contribution in [2.24, 2.45) is 0 Å². The van der Waals surface area contributed by atoms with Crippen LogP contribution in [-0.4, -0.2) is 68.1 Å². The van der Waals surface area contributed by atoms with Gasteiger partial charge in [-0.05, 0) is 43.2 Å². The maximum absolute atomic E-state index is 13.1. The van der Waals surface area contributed by atoms with Gasteiger partial charge in [0.1, 0.15) is 11.5 Å². The molecule has 31 heavy (non-hydrogen) atoms. The second-order valence-corrected chi connectivity index (χ2v) is 7.78. The molecule has 1 aromatic heterocycles. The molecular formula is C23H31FN4O3. The quantitative estimate of drug-likeness (QED) is 0.630. The predicted molar refractivity (Wildman–Crippen MR) is 118 cm³/mol. The van der Waals surface area contributed by atoms with E-state index in [9.17, 15) is 14.0 Å². The summed E-state index contributed by atoms with van der Waals surface area (Å²) >= 11 is 0. The number of hydrogen-bond acceptors (Lipinski definition) is 5. The lowest BCUT2D eigenvalue weighted by Gasteiger charge is -2.36. The van der Waals surface area contributed by atoms with Gasteiger partial charge in [0.2, 0.25) is 0 Å². The number of hydrogen-bond donors (Lipinski definition) is 2. The summed E-state index contributed by atoms with van der Waals surface area (Å²) in [5.41, 5.74) is 3.31. The van der Waals surface area contributed by atoms with E-state index in [-0.39, 0.29) is 11.7 Å². The van der Waals surface area contributed by atoms with Crippen molar-refractivity contribution in [3.8, 4) is 0 Å². The monoisotopic (exact) mass is 430 g/mol. The summed E-state index contributed by atoms with van der Waals surface area (Å²) in [6.07, 6.45) is 1.45. The number of nitrogens with one attached hydrogen (secondary N) is 2. The van der Waals surface area contributed by atoms with Gasteiger partial charge in [-0.25, -0.2) is 9.18 Å². The van der Waals surface area contributed by atoms with E-state index in [2.05, 4.69) is 20.1 Å². The number of H-pyrrole nitrogens is 1. The molecule has 0 aliphatic carbocycles. The summed E-state index contributed by atoms with van der Waals surface area (Å²) in [4.78, 5) is 32.5. The largest absolute Gasteiger partial charge is 0.465 e. The van der Waals surface area contributed by atoms with Crippen LogP contribution in [0, 0.1) is 12.7 Å². The van der Waals surface area contributed by atoms with Crippen molar-refractivity contribution in [3.63, 3.8) is 0 Å². The van der Waals surface area contributed by atoms with E-state index >= 15 is 0 Å². The first-order valence-electron chi connectivity index (χ1n) is 10.7. The lowest BCUT2D eigenvalue weighted by molar-refractivity contribution is 0.0599. The number of benzene rings is 1. The molecule has 0 atom stereocenters. The molecular weight excluding hydrogens is 399 g/mol. The molecule has 1 aliphatic rings. The Kier molecular flexibility index (Phi) is 7.68. The number of aryl methyl sites for hydroxylation is 1. The van der Waals surface area contributed by atoms with E-state index in [0.717, 1.165) is 50.4 Å². The lowest BCUT2D eigenvalue weighted by atomic mass is 10.0. The Bertz CT molecular complexity index is 902. The summed E-state index contributed by atoms with van der Waals surface area (Å²) in [6.45, 7) is 8.53. The molecule has 1 fully saturated rings. The molecule has 168 valence electrons. The van der Waals surface area contributed by atoms with E-state index < -0.39 is 5.97 Å². The van der Waals surface area contributed by atoms with Crippen molar-refractivity contribution in [1.29, 1.82) is 0 Å². The molecule has 8 heteroatoms. The van der Waals surface area contributed by atoms with E-state index in [1.54, 1.807) is 19.1 Å². The third-order valence-electron chi connectivity index (χ3n) is 5.69. The van der Waals surface area contributed by atoms with E-state index in [4.69, 9.17) is 4.74 Å². The van der Waals surface area contributed by atoms with Crippen LogP contribution < -0.4 is 10.2 Å². The minimum atomic E-state index is -0.421. The lowest BCUT2D eigenvalue weighted by Crippen LogP contribution is -2.48. The first-order chi connectivity index (χ1) is 14.9. The number of esters is 1. The Balaban J connectivity index is 1.52. The van der Waals surface area contributed by atoms with Crippen molar-refractivity contribution in [2.45, 2.75) is 26.7 Å². The standard InChI is InChI=1S/C23H31FN4O3/c1-4-5-19-20(23(30)31-3)16(2)26-21(19)22(29)25-10-11-27-12-14-28(15-13-27)18-8-6-17(24)7-9-18/h6-9,26H,4-5,10-15H2,1-3H3,(H,25,29). The molecule has 1 aromatic carbocycles. The van der Waals surface area contributed by atoms with Gasteiger partial charge in [-0.1, -0.05) is 13.3 Å². The Morgan fingerprint density at radius 1 is 1.16 bits per heavy atom. The summed E-state index contributed by atoms with van der Waals surface area (Å²) in [7, 11) is 1.35. The minimum Gasteiger partial charge on any atom is -0.465 e. The van der Waals surface area contributed by atoms with Crippen LogP contribution in [0.4, 0.5) is 10.1 Å². The Hall–Kier alpha value is -2.87. The third kappa shape index (κ3) is 5.44. The van der Waals surface area contributed by atoms with Gasteiger partial charge in [0.05, 0.1) is 12.7 Å². The van der Waals surface area contributed by atoms with E-state index in [0.29, 0.717) is 29.9 Å². The number of amides is 1. The number of piperazine rings is 1. The smallest absolute Gasteiger partial charge is 0.339 e. The average Bonchev–Trinajstić information content (AvgIpc) is 3.10. The summed E-state index contributed by atoms with van der Waals surface area (Å²) in [5, 5.41) is 2.97. The van der Waals surface area contributed by atoms with Crippen LogP contribution in [0.3, 0.4) is 0 Å². The second-order valence-electron chi connectivity index (χ2n) is 7.78. The third-order valence-corrected chi connectivity index (χ3v) is 5.69. The molecule has 1 saturated heterocycles. The fourth-order valence-corrected chi connectivity index (χ4v) is 4.05. The zero-order valence-electron chi connectivity index (χ0n) is 18.5. The summed E-state index contributed by atoms with van der Waals surface area (Å²) in [5.74, 6) is -0.849. The van der Waals surface area contributed by atoms with Gasteiger partial charge in [0.15, 0.2) is 0 Å². The molecule has 2 heterocycles. The number of carbonyl (C=O) groups is 2. The van der Waals surface area contributed by atoms with E-state index in [1.165, 1.54) is 19.2 Å². The molecule has 1 amide bonds. The Morgan fingerprint density at radius 2 is 1.84 bits per heavy atom. The number of anilines is 1. The first kappa shape index (κ1) is 22.8. The van der Waals surface area contributed by atoms with E-state index in [1.807, 2.05) is 6.92 Å². The molecule has 0 spiro atoms. The van der Waals surface area contributed by atoms with Crippen LogP contribution in [-0.2, 0) is 11.2 Å². The molecule has 0 saturated carbocycles.